The molecule has 0 spiro atoms. The molecule has 0 aromatic rings. The largest absolute Gasteiger partial charge is 0.461 e. The van der Waals surface area contributed by atoms with E-state index in [2.05, 4.69) is 179 Å². The van der Waals surface area contributed by atoms with E-state index in [1.165, 1.54) is 175 Å². The summed E-state index contributed by atoms with van der Waals surface area (Å²) in [7, 11) is 0. The van der Waals surface area contributed by atoms with Gasteiger partial charge in [-0.3, -0.25) is 9.59 Å². The molecule has 4 heteroatoms. The van der Waals surface area contributed by atoms with Crippen molar-refractivity contribution in [2.24, 2.45) is 0 Å². The van der Waals surface area contributed by atoms with Crippen LogP contribution in [0, 0.1) is 0 Å². The first-order valence-corrected chi connectivity index (χ1v) is 30.9. The molecule has 4 nitrogen and oxygen atoms in total. The first-order valence-electron chi connectivity index (χ1n) is 30.9. The van der Waals surface area contributed by atoms with Gasteiger partial charge in [-0.05, 0) is 105 Å². The number of esters is 2. The summed E-state index contributed by atoms with van der Waals surface area (Å²) in [6.45, 7) is 22.3. The molecule has 0 aliphatic rings. The zero-order chi connectivity index (χ0) is 56.0. The van der Waals surface area contributed by atoms with Crippen molar-refractivity contribution in [1.29, 1.82) is 0 Å². The van der Waals surface area contributed by atoms with Crippen molar-refractivity contribution < 1.29 is 19.1 Å². The van der Waals surface area contributed by atoms with Crippen LogP contribution in [0.3, 0.4) is 0 Å². The molecule has 0 N–H and O–H groups in total. The molecule has 0 amide bonds. The number of hydrogen-bond donors (Lipinski definition) is 0. The third kappa shape index (κ3) is 53.0. The summed E-state index contributed by atoms with van der Waals surface area (Å²) in [5, 5.41) is 0. The Morgan fingerprint density at radius 1 is 0.289 bits per heavy atom. The van der Waals surface area contributed by atoms with Gasteiger partial charge in [0.15, 0.2) is 0 Å². The van der Waals surface area contributed by atoms with Crippen LogP contribution >= 0.6 is 0 Å². The van der Waals surface area contributed by atoms with Crippen LogP contribution in [0.15, 0.2) is 154 Å². The zero-order valence-electron chi connectivity index (χ0n) is 51.1. The smallest absolute Gasteiger partial charge is 0.306 e. The Morgan fingerprint density at radius 2 is 0.539 bits per heavy atom. The third-order valence-electron chi connectivity index (χ3n) is 13.7. The minimum absolute atomic E-state index is 0.0654. The number of hydrogen-bond acceptors (Lipinski definition) is 4. The summed E-state index contributed by atoms with van der Waals surface area (Å²) in [5.41, 5.74) is 9.64. The van der Waals surface area contributed by atoms with Crippen molar-refractivity contribution in [3.05, 3.63) is 154 Å². The molecule has 0 rings (SSSR count). The normalized spacial score (nSPS) is 14.1. The lowest BCUT2D eigenvalue weighted by atomic mass is 10.0. The Hall–Kier alpha value is -4.44. The fourth-order valence-electron chi connectivity index (χ4n) is 8.55. The van der Waals surface area contributed by atoms with Crippen LogP contribution < -0.4 is 0 Å². The molecule has 0 saturated carbocycles. The van der Waals surface area contributed by atoms with Crippen LogP contribution in [0.5, 0.6) is 0 Å². The van der Waals surface area contributed by atoms with Crippen molar-refractivity contribution in [2.45, 2.75) is 275 Å². The van der Waals surface area contributed by atoms with E-state index in [4.69, 9.17) is 9.47 Å². The molecule has 0 radical (unpaired) electrons. The highest BCUT2D eigenvalue weighted by molar-refractivity contribution is 5.69. The third-order valence-corrected chi connectivity index (χ3v) is 13.7. The first-order chi connectivity index (χ1) is 36.9. The number of allylic oxidation sites excluding steroid dienone is 24. The average Bonchev–Trinajstić information content (AvgIpc) is 3.39. The van der Waals surface area contributed by atoms with Gasteiger partial charge in [0.1, 0.15) is 13.2 Å². The maximum atomic E-state index is 12.2. The topological polar surface area (TPSA) is 52.6 Å². The summed E-state index contributed by atoms with van der Waals surface area (Å²) < 4.78 is 11.1. The molecule has 0 aromatic heterocycles. The van der Waals surface area contributed by atoms with E-state index < -0.39 is 0 Å². The lowest BCUT2D eigenvalue weighted by Crippen LogP contribution is -2.06. The van der Waals surface area contributed by atoms with Gasteiger partial charge in [-0.2, -0.15) is 0 Å². The minimum Gasteiger partial charge on any atom is -0.461 e. The summed E-state index contributed by atoms with van der Waals surface area (Å²) in [6, 6.07) is 0. The van der Waals surface area contributed by atoms with Gasteiger partial charge in [-0.25, -0.2) is 0 Å². The number of ether oxygens (including phenoxy) is 2. The number of rotatable bonds is 48. The lowest BCUT2D eigenvalue weighted by Gasteiger charge is -2.06. The van der Waals surface area contributed by atoms with E-state index >= 15 is 0 Å². The predicted molar refractivity (Wildman–Crippen MR) is 337 cm³/mol. The van der Waals surface area contributed by atoms with Crippen molar-refractivity contribution >= 4 is 11.9 Å². The number of carbonyl (C=O) groups is 2. The van der Waals surface area contributed by atoms with Gasteiger partial charge in [-0.15, -0.1) is 0 Å². The highest BCUT2D eigenvalue weighted by Crippen LogP contribution is 2.16. The van der Waals surface area contributed by atoms with E-state index in [1.807, 2.05) is 0 Å². The van der Waals surface area contributed by atoms with Crippen molar-refractivity contribution in [2.75, 3.05) is 13.2 Å². The number of carbonyl (C=O) groups excluding carboxylic acids is 2. The first kappa shape index (κ1) is 71.6. The van der Waals surface area contributed by atoms with Crippen LogP contribution in [0.2, 0.25) is 0 Å². The fourth-order valence-corrected chi connectivity index (χ4v) is 8.55. The van der Waals surface area contributed by atoms with Crippen molar-refractivity contribution in [3.8, 4) is 0 Å². The molecule has 0 atom stereocenters. The Labute approximate surface area is 470 Å². The Bertz CT molecular complexity index is 1760. The molecule has 0 heterocycles. The van der Waals surface area contributed by atoms with Gasteiger partial charge in [-0.1, -0.05) is 311 Å². The molecule has 0 aromatic carbocycles. The monoisotopic (exact) mass is 1040 g/mol. The van der Waals surface area contributed by atoms with Crippen LogP contribution in [-0.4, -0.2) is 25.2 Å². The van der Waals surface area contributed by atoms with Gasteiger partial charge in [0.2, 0.25) is 0 Å². The van der Waals surface area contributed by atoms with Crippen LogP contribution in [0.4, 0.5) is 0 Å². The Kier molecular flexibility index (Phi) is 50.8. The van der Waals surface area contributed by atoms with Crippen molar-refractivity contribution in [3.63, 3.8) is 0 Å². The minimum atomic E-state index is -0.0654. The molecular weight excluding hydrogens is 929 g/mol. The fraction of sp³-hybridized carbons (Fsp3) is 0.611. The van der Waals surface area contributed by atoms with Crippen molar-refractivity contribution in [1.82, 2.24) is 0 Å². The standard InChI is InChI=1S/C72H116O4/c1-11-13-15-17-19-21-23-25-27-29-31-33-35-59-71(73)75-61-69(9)57-43-55-67(7)53-41-51-65(5)49-39-47-63(3)45-37-38-46-64(4)48-40-50-66(6)52-42-54-68(8)56-44-58-70(10)62-76-72(74)60-36-34-32-30-28-26-24-22-20-18-16-14-12-2/h37-42,45-54,57-58H,11-36,43-44,55-56,59-62H2,1-10H3/b38-37+,47-39+,48-40+,51-41+,52-42+,63-45+,64-46+,65-49+,66-50+,67-53+,68-54+,69-57+,70-58+. The highest BCUT2D eigenvalue weighted by Gasteiger charge is 2.05. The van der Waals surface area contributed by atoms with E-state index in [-0.39, 0.29) is 11.9 Å². The molecular formula is C72H116O4. The maximum absolute atomic E-state index is 12.2. The van der Waals surface area contributed by atoms with Gasteiger partial charge in [0, 0.05) is 12.8 Å². The SMILES string of the molecule is CCCCCCCCCCCCCCCC(=O)OC/C(C)=C/CC/C(C)=C/C=C/C(C)=C/C=C/C(C)=C/C=C/C=C(C)/C=C/C=C(C)/C=C/C=C(\C)CC/C=C(\C)COC(=O)CCCCCCCCCCCCCCC. The molecule has 0 saturated heterocycles. The van der Waals surface area contributed by atoms with Gasteiger partial charge in [0.25, 0.3) is 0 Å². The van der Waals surface area contributed by atoms with Gasteiger partial charge in [0.05, 0.1) is 0 Å². The summed E-state index contributed by atoms with van der Waals surface area (Å²) in [4.78, 5) is 24.5. The van der Waals surface area contributed by atoms with E-state index in [9.17, 15) is 9.59 Å². The molecule has 0 fully saturated rings. The van der Waals surface area contributed by atoms with Gasteiger partial charge >= 0.3 is 11.9 Å². The second kappa shape index (κ2) is 53.9. The highest BCUT2D eigenvalue weighted by atomic mass is 16.5. The van der Waals surface area contributed by atoms with Gasteiger partial charge < -0.3 is 9.47 Å². The summed E-state index contributed by atoms with van der Waals surface area (Å²) >= 11 is 0. The van der Waals surface area contributed by atoms with Crippen LogP contribution in [-0.2, 0) is 19.1 Å². The van der Waals surface area contributed by atoms with E-state index in [0.29, 0.717) is 26.1 Å². The second-order valence-electron chi connectivity index (χ2n) is 22.0. The summed E-state index contributed by atoms with van der Waals surface area (Å²) in [6.07, 6.45) is 77.4. The quantitative estimate of drug-likeness (QED) is 0.0264. The summed E-state index contributed by atoms with van der Waals surface area (Å²) in [5.74, 6) is -0.131. The molecule has 0 aliphatic heterocycles. The second-order valence-corrected chi connectivity index (χ2v) is 22.0. The maximum Gasteiger partial charge on any atom is 0.306 e. The Morgan fingerprint density at radius 3 is 0.829 bits per heavy atom. The lowest BCUT2D eigenvalue weighted by molar-refractivity contribution is -0.143. The van der Waals surface area contributed by atoms with E-state index in [0.717, 1.165) is 62.5 Å². The van der Waals surface area contributed by atoms with E-state index in [1.54, 1.807) is 0 Å². The average molecular weight is 1050 g/mol. The molecule has 0 unspecified atom stereocenters. The predicted octanol–water partition coefficient (Wildman–Crippen LogP) is 22.9. The molecule has 0 bridgehead atoms. The zero-order valence-corrected chi connectivity index (χ0v) is 51.1. The molecule has 428 valence electrons. The van der Waals surface area contributed by atoms with Crippen LogP contribution in [0.25, 0.3) is 0 Å². The molecule has 76 heavy (non-hydrogen) atoms. The van der Waals surface area contributed by atoms with Crippen LogP contribution in [0.1, 0.15) is 275 Å². The Balaban J connectivity index is 4.35. The molecule has 0 aliphatic carbocycles. The number of unbranched alkanes of at least 4 members (excludes halogenated alkanes) is 24.